The first-order chi connectivity index (χ1) is 14.0. The second kappa shape index (κ2) is 7.05. The highest BCUT2D eigenvalue weighted by atomic mass is 16.4. The number of hydrogen-bond acceptors (Lipinski definition) is 5. The van der Waals surface area contributed by atoms with Gasteiger partial charge in [0, 0.05) is 11.3 Å². The van der Waals surface area contributed by atoms with Gasteiger partial charge in [0.2, 0.25) is 0 Å². The van der Waals surface area contributed by atoms with Crippen LogP contribution < -0.4 is 15.3 Å². The van der Waals surface area contributed by atoms with E-state index in [1.807, 2.05) is 6.07 Å². The zero-order valence-corrected chi connectivity index (χ0v) is 14.9. The summed E-state index contributed by atoms with van der Waals surface area (Å²) in [6.45, 7) is 0. The fraction of sp³-hybridized carbons (Fsp3) is 0. The van der Waals surface area contributed by atoms with Gasteiger partial charge in [-0.05, 0) is 48.0 Å². The summed E-state index contributed by atoms with van der Waals surface area (Å²) in [6.07, 6.45) is 0. The van der Waals surface area contributed by atoms with Crippen LogP contribution in [0.4, 0.5) is 11.4 Å². The summed E-state index contributed by atoms with van der Waals surface area (Å²) >= 11 is 0. The van der Waals surface area contributed by atoms with Gasteiger partial charge in [0.05, 0.1) is 22.8 Å². The molecule has 1 N–H and O–H groups in total. The number of carbonyl (C=O) groups excluding carboxylic acids is 4. The topological polar surface area (TPSA) is 107 Å². The first kappa shape index (κ1) is 18.1. The Morgan fingerprint density at radius 1 is 0.759 bits per heavy atom. The Morgan fingerprint density at radius 3 is 2.21 bits per heavy atom. The summed E-state index contributed by atoms with van der Waals surface area (Å²) in [4.78, 5) is 49.9. The Balaban J connectivity index is 1.65. The Hall–Kier alpha value is -4.26. The number of carboxylic acid groups (broad SMARTS) is 1. The second-order valence-corrected chi connectivity index (χ2v) is 6.36. The SMILES string of the molecule is O=C([O-])c1ccc2c(c1)C(=O)N(c1cccc(C(=O)Nc3ccccc3)c1)C2=O. The number of nitrogens with one attached hydrogen (secondary N) is 1. The predicted molar refractivity (Wildman–Crippen MR) is 103 cm³/mol. The van der Waals surface area contributed by atoms with Crippen molar-refractivity contribution < 1.29 is 24.3 Å². The number of nitrogens with zero attached hydrogens (tertiary/aromatic N) is 1. The van der Waals surface area contributed by atoms with E-state index in [2.05, 4.69) is 5.32 Å². The van der Waals surface area contributed by atoms with Gasteiger partial charge in [0.15, 0.2) is 0 Å². The van der Waals surface area contributed by atoms with Crippen LogP contribution in [0.3, 0.4) is 0 Å². The molecular formula is C22H13N2O5-. The standard InChI is InChI=1S/C22H14N2O5/c25-19(23-15-6-2-1-3-7-15)13-5-4-8-16(11-13)24-20(26)17-10-9-14(22(28)29)12-18(17)21(24)27/h1-12H,(H,23,25)(H,28,29)/p-1. The molecule has 1 heterocycles. The Bertz CT molecular complexity index is 1170. The lowest BCUT2D eigenvalue weighted by Crippen LogP contribution is -2.29. The van der Waals surface area contributed by atoms with Gasteiger partial charge < -0.3 is 15.2 Å². The number of rotatable bonds is 4. The largest absolute Gasteiger partial charge is 0.545 e. The van der Waals surface area contributed by atoms with Gasteiger partial charge in [-0.2, -0.15) is 0 Å². The van der Waals surface area contributed by atoms with Crippen molar-refractivity contribution in [3.05, 3.63) is 95.1 Å². The quantitative estimate of drug-likeness (QED) is 0.692. The van der Waals surface area contributed by atoms with Crippen LogP contribution in [0.2, 0.25) is 0 Å². The van der Waals surface area contributed by atoms with E-state index in [0.717, 1.165) is 11.0 Å². The molecule has 3 aromatic rings. The smallest absolute Gasteiger partial charge is 0.266 e. The van der Waals surface area contributed by atoms with Crippen molar-refractivity contribution >= 4 is 35.1 Å². The van der Waals surface area contributed by atoms with Gasteiger partial charge in [0.1, 0.15) is 0 Å². The second-order valence-electron chi connectivity index (χ2n) is 6.36. The van der Waals surface area contributed by atoms with Gasteiger partial charge in [-0.15, -0.1) is 0 Å². The van der Waals surface area contributed by atoms with Crippen LogP contribution >= 0.6 is 0 Å². The van der Waals surface area contributed by atoms with Crippen LogP contribution in [0.15, 0.2) is 72.8 Å². The lowest BCUT2D eigenvalue weighted by molar-refractivity contribution is -0.255. The monoisotopic (exact) mass is 385 g/mol. The molecule has 3 amide bonds. The molecule has 7 nitrogen and oxygen atoms in total. The van der Waals surface area contributed by atoms with Crippen molar-refractivity contribution in [3.63, 3.8) is 0 Å². The number of benzene rings is 3. The van der Waals surface area contributed by atoms with E-state index < -0.39 is 23.7 Å². The number of para-hydroxylation sites is 1. The summed E-state index contributed by atoms with van der Waals surface area (Å²) in [5.41, 5.74) is 0.974. The van der Waals surface area contributed by atoms with Crippen molar-refractivity contribution in [1.29, 1.82) is 0 Å². The minimum atomic E-state index is -1.44. The molecule has 0 bridgehead atoms. The molecule has 0 saturated carbocycles. The number of amides is 3. The maximum atomic E-state index is 12.7. The summed E-state index contributed by atoms with van der Waals surface area (Å²) in [5, 5.41) is 13.8. The first-order valence-corrected chi connectivity index (χ1v) is 8.66. The lowest BCUT2D eigenvalue weighted by atomic mass is 10.1. The Morgan fingerprint density at radius 2 is 1.48 bits per heavy atom. The van der Waals surface area contributed by atoms with E-state index in [1.54, 1.807) is 36.4 Å². The van der Waals surface area contributed by atoms with E-state index >= 15 is 0 Å². The maximum absolute atomic E-state index is 12.7. The van der Waals surface area contributed by atoms with E-state index in [4.69, 9.17) is 0 Å². The van der Waals surface area contributed by atoms with Gasteiger partial charge in [-0.3, -0.25) is 14.4 Å². The number of imide groups is 1. The number of anilines is 2. The van der Waals surface area contributed by atoms with Gasteiger partial charge >= 0.3 is 0 Å². The van der Waals surface area contributed by atoms with Crippen molar-refractivity contribution in [2.75, 3.05) is 10.2 Å². The summed E-state index contributed by atoms with van der Waals surface area (Å²) in [6, 6.07) is 18.6. The predicted octanol–water partition coefficient (Wildman–Crippen LogP) is 2.10. The molecule has 0 aliphatic carbocycles. The summed E-state index contributed by atoms with van der Waals surface area (Å²) in [7, 11) is 0. The van der Waals surface area contributed by atoms with Gasteiger partial charge in [-0.1, -0.05) is 30.3 Å². The molecule has 0 unspecified atom stereocenters. The maximum Gasteiger partial charge on any atom is 0.266 e. The number of carbonyl (C=O) groups is 4. The molecule has 0 radical (unpaired) electrons. The highest BCUT2D eigenvalue weighted by molar-refractivity contribution is 6.34. The summed E-state index contributed by atoms with van der Waals surface area (Å²) < 4.78 is 0. The van der Waals surface area contributed by atoms with Crippen molar-refractivity contribution in [2.24, 2.45) is 0 Å². The third-order valence-corrected chi connectivity index (χ3v) is 4.52. The Kier molecular flexibility index (Phi) is 4.40. The number of aromatic carboxylic acids is 1. The van der Waals surface area contributed by atoms with Crippen molar-refractivity contribution in [2.45, 2.75) is 0 Å². The zero-order valence-electron chi connectivity index (χ0n) is 14.9. The Labute approximate surface area is 165 Å². The van der Waals surface area contributed by atoms with Gasteiger partial charge in [-0.25, -0.2) is 4.90 Å². The van der Waals surface area contributed by atoms with Crippen LogP contribution in [0.5, 0.6) is 0 Å². The molecule has 1 aliphatic heterocycles. The van der Waals surface area contributed by atoms with Gasteiger partial charge in [0.25, 0.3) is 17.7 Å². The van der Waals surface area contributed by atoms with Crippen LogP contribution in [0, 0.1) is 0 Å². The highest BCUT2D eigenvalue weighted by Crippen LogP contribution is 2.29. The third kappa shape index (κ3) is 3.25. The van der Waals surface area contributed by atoms with Crippen molar-refractivity contribution in [1.82, 2.24) is 0 Å². The molecule has 7 heteroatoms. The fourth-order valence-corrected chi connectivity index (χ4v) is 3.11. The normalized spacial score (nSPS) is 12.6. The minimum absolute atomic E-state index is 0.0177. The van der Waals surface area contributed by atoms with E-state index in [9.17, 15) is 24.3 Å². The fourth-order valence-electron chi connectivity index (χ4n) is 3.11. The molecule has 3 aromatic carbocycles. The average Bonchev–Trinajstić information content (AvgIpc) is 2.98. The lowest BCUT2D eigenvalue weighted by Gasteiger charge is -2.15. The molecule has 0 saturated heterocycles. The molecule has 29 heavy (non-hydrogen) atoms. The molecule has 0 atom stereocenters. The van der Waals surface area contributed by atoms with Crippen LogP contribution in [0.25, 0.3) is 0 Å². The molecule has 0 aromatic heterocycles. The zero-order chi connectivity index (χ0) is 20.5. The molecule has 142 valence electrons. The molecule has 4 rings (SSSR count). The highest BCUT2D eigenvalue weighted by Gasteiger charge is 2.37. The van der Waals surface area contributed by atoms with Crippen LogP contribution in [-0.2, 0) is 0 Å². The number of carboxylic acids is 1. The van der Waals surface area contributed by atoms with Crippen LogP contribution in [0.1, 0.15) is 41.4 Å². The molecule has 0 spiro atoms. The minimum Gasteiger partial charge on any atom is -0.545 e. The first-order valence-electron chi connectivity index (χ1n) is 8.66. The van der Waals surface area contributed by atoms with Crippen molar-refractivity contribution in [3.8, 4) is 0 Å². The van der Waals surface area contributed by atoms with E-state index in [-0.39, 0.29) is 27.9 Å². The number of fused-ring (bicyclic) bond motifs is 1. The van der Waals surface area contributed by atoms with Crippen LogP contribution in [-0.4, -0.2) is 23.7 Å². The summed E-state index contributed by atoms with van der Waals surface area (Å²) in [5.74, 6) is -3.08. The molecular weight excluding hydrogens is 372 g/mol. The number of hydrogen-bond donors (Lipinski definition) is 1. The molecule has 1 aliphatic rings. The average molecular weight is 385 g/mol. The third-order valence-electron chi connectivity index (χ3n) is 4.52. The van der Waals surface area contributed by atoms with E-state index in [1.165, 1.54) is 24.3 Å². The molecule has 0 fully saturated rings. The van der Waals surface area contributed by atoms with E-state index in [0.29, 0.717) is 5.69 Å².